The monoisotopic (exact) mass is 315 g/mol. The first-order chi connectivity index (χ1) is 11.3. The minimum absolute atomic E-state index is 0.0287. The summed E-state index contributed by atoms with van der Waals surface area (Å²) in [5.74, 6) is 0.526. The number of unbranched alkanes of at least 4 members (excludes halogenated alkanes) is 4. The Bertz CT molecular complexity index is 464. The van der Waals surface area contributed by atoms with Crippen LogP contribution in [0.3, 0.4) is 0 Å². The number of aryl methyl sites for hydroxylation is 1. The van der Waals surface area contributed by atoms with Crippen LogP contribution in [-0.4, -0.2) is 25.7 Å². The molecular formula is C20H29NO2. The van der Waals surface area contributed by atoms with E-state index in [4.69, 9.17) is 4.74 Å². The maximum absolute atomic E-state index is 11.7. The summed E-state index contributed by atoms with van der Waals surface area (Å²) in [6.45, 7) is 2.36. The van der Waals surface area contributed by atoms with E-state index in [1.807, 2.05) is 6.08 Å². The van der Waals surface area contributed by atoms with E-state index >= 15 is 0 Å². The summed E-state index contributed by atoms with van der Waals surface area (Å²) in [5, 5.41) is 2.95. The van der Waals surface area contributed by atoms with Gasteiger partial charge in [0, 0.05) is 19.1 Å². The third-order valence-corrected chi connectivity index (χ3v) is 4.29. The molecule has 1 atom stereocenters. The molecule has 0 saturated carbocycles. The molecule has 1 aliphatic heterocycles. The van der Waals surface area contributed by atoms with Crippen LogP contribution in [0.1, 0.15) is 44.1 Å². The zero-order valence-corrected chi connectivity index (χ0v) is 14.0. The second kappa shape index (κ2) is 11.0. The van der Waals surface area contributed by atoms with Crippen LogP contribution in [0.5, 0.6) is 0 Å². The van der Waals surface area contributed by atoms with Crippen molar-refractivity contribution in [3.05, 3.63) is 48.0 Å². The number of nitrogens with one attached hydrogen (secondary N) is 1. The average molecular weight is 315 g/mol. The Labute approximate surface area is 140 Å². The van der Waals surface area contributed by atoms with Crippen molar-refractivity contribution in [3.8, 4) is 0 Å². The van der Waals surface area contributed by atoms with Gasteiger partial charge in [0.05, 0.1) is 6.61 Å². The van der Waals surface area contributed by atoms with Gasteiger partial charge in [-0.2, -0.15) is 0 Å². The number of hydrogen-bond acceptors (Lipinski definition) is 2. The lowest BCUT2D eigenvalue weighted by Crippen LogP contribution is -2.27. The van der Waals surface area contributed by atoms with E-state index in [1.54, 1.807) is 6.08 Å². The van der Waals surface area contributed by atoms with Crippen molar-refractivity contribution in [2.24, 2.45) is 5.92 Å². The van der Waals surface area contributed by atoms with E-state index in [0.29, 0.717) is 5.92 Å². The zero-order valence-electron chi connectivity index (χ0n) is 14.0. The lowest BCUT2D eigenvalue weighted by atomic mass is 10.1. The summed E-state index contributed by atoms with van der Waals surface area (Å²) in [6.07, 6.45) is 11.8. The lowest BCUT2D eigenvalue weighted by Gasteiger charge is -2.07. The summed E-state index contributed by atoms with van der Waals surface area (Å²) < 4.78 is 5.29. The largest absolute Gasteiger partial charge is 0.381 e. The lowest BCUT2D eigenvalue weighted by molar-refractivity contribution is -0.116. The Hall–Kier alpha value is -1.61. The van der Waals surface area contributed by atoms with Crippen LogP contribution < -0.4 is 5.32 Å². The molecule has 0 radical (unpaired) electrons. The Morgan fingerprint density at radius 1 is 1.17 bits per heavy atom. The van der Waals surface area contributed by atoms with Gasteiger partial charge in [-0.3, -0.25) is 4.79 Å². The number of rotatable bonds is 10. The maximum Gasteiger partial charge on any atom is 0.243 e. The molecule has 1 heterocycles. The number of amides is 1. The Morgan fingerprint density at radius 3 is 2.78 bits per heavy atom. The molecule has 1 saturated heterocycles. The summed E-state index contributed by atoms with van der Waals surface area (Å²) in [7, 11) is 0. The quantitative estimate of drug-likeness (QED) is 0.525. The molecule has 1 amide bonds. The van der Waals surface area contributed by atoms with Gasteiger partial charge in [-0.15, -0.1) is 0 Å². The molecule has 0 spiro atoms. The number of allylic oxidation sites excluding steroid dienone is 1. The van der Waals surface area contributed by atoms with Crippen LogP contribution in [0, 0.1) is 5.92 Å². The van der Waals surface area contributed by atoms with Gasteiger partial charge in [-0.1, -0.05) is 49.2 Å². The van der Waals surface area contributed by atoms with E-state index < -0.39 is 0 Å². The summed E-state index contributed by atoms with van der Waals surface area (Å²) in [4.78, 5) is 11.7. The normalized spacial score (nSPS) is 17.7. The molecule has 1 aliphatic rings. The van der Waals surface area contributed by atoms with Crippen LogP contribution in [0.15, 0.2) is 42.5 Å². The molecule has 1 fully saturated rings. The number of carbonyl (C=O) groups excluding carboxylic acids is 1. The number of ether oxygens (including phenoxy) is 1. The molecular weight excluding hydrogens is 286 g/mol. The van der Waals surface area contributed by atoms with Crippen molar-refractivity contribution < 1.29 is 9.53 Å². The molecule has 1 unspecified atom stereocenters. The standard InChI is InChI=1S/C20H29NO2/c22-20(21-16-19-14-15-23-17-19)13-9-4-2-1-3-6-10-18-11-7-5-8-12-18/h5,7-9,11-13,19H,1-4,6,10,14-17H2,(H,21,22). The predicted molar refractivity (Wildman–Crippen MR) is 94.3 cm³/mol. The molecule has 0 bridgehead atoms. The van der Waals surface area contributed by atoms with E-state index in [-0.39, 0.29) is 5.91 Å². The van der Waals surface area contributed by atoms with Crippen molar-refractivity contribution in [2.75, 3.05) is 19.8 Å². The zero-order chi connectivity index (χ0) is 16.2. The highest BCUT2D eigenvalue weighted by Gasteiger charge is 2.15. The molecule has 23 heavy (non-hydrogen) atoms. The van der Waals surface area contributed by atoms with Gasteiger partial charge in [0.2, 0.25) is 5.91 Å². The maximum atomic E-state index is 11.7. The molecule has 1 aromatic carbocycles. The summed E-state index contributed by atoms with van der Waals surface area (Å²) in [5.41, 5.74) is 1.43. The third kappa shape index (κ3) is 7.98. The highest BCUT2D eigenvalue weighted by molar-refractivity contribution is 5.87. The van der Waals surface area contributed by atoms with Gasteiger partial charge < -0.3 is 10.1 Å². The summed E-state index contributed by atoms with van der Waals surface area (Å²) in [6, 6.07) is 10.7. The topological polar surface area (TPSA) is 38.3 Å². The first-order valence-electron chi connectivity index (χ1n) is 8.90. The molecule has 126 valence electrons. The van der Waals surface area contributed by atoms with Crippen LogP contribution >= 0.6 is 0 Å². The average Bonchev–Trinajstić information content (AvgIpc) is 3.10. The first kappa shape index (κ1) is 17.7. The molecule has 2 rings (SSSR count). The van der Waals surface area contributed by atoms with Crippen LogP contribution in [0.2, 0.25) is 0 Å². The molecule has 1 N–H and O–H groups in total. The smallest absolute Gasteiger partial charge is 0.243 e. The van der Waals surface area contributed by atoms with Gasteiger partial charge in [-0.25, -0.2) is 0 Å². The van der Waals surface area contributed by atoms with E-state index in [9.17, 15) is 4.79 Å². The van der Waals surface area contributed by atoms with Gasteiger partial charge in [0.1, 0.15) is 0 Å². The van der Waals surface area contributed by atoms with Gasteiger partial charge in [0.15, 0.2) is 0 Å². The summed E-state index contributed by atoms with van der Waals surface area (Å²) >= 11 is 0. The van der Waals surface area contributed by atoms with Crippen molar-refractivity contribution in [1.82, 2.24) is 5.32 Å². The Morgan fingerprint density at radius 2 is 2.00 bits per heavy atom. The second-order valence-corrected chi connectivity index (χ2v) is 6.32. The molecule has 0 aliphatic carbocycles. The number of carbonyl (C=O) groups is 1. The number of benzene rings is 1. The molecule has 3 heteroatoms. The van der Waals surface area contributed by atoms with E-state index in [0.717, 1.165) is 39.0 Å². The van der Waals surface area contributed by atoms with Crippen LogP contribution in [0.4, 0.5) is 0 Å². The number of hydrogen-bond donors (Lipinski definition) is 1. The Balaban J connectivity index is 1.42. The van der Waals surface area contributed by atoms with Crippen molar-refractivity contribution in [1.29, 1.82) is 0 Å². The first-order valence-corrected chi connectivity index (χ1v) is 8.90. The second-order valence-electron chi connectivity index (χ2n) is 6.32. The van der Waals surface area contributed by atoms with Crippen molar-refractivity contribution >= 4 is 5.91 Å². The molecule has 1 aromatic rings. The van der Waals surface area contributed by atoms with Crippen molar-refractivity contribution in [2.45, 2.75) is 44.9 Å². The molecule has 0 aromatic heterocycles. The van der Waals surface area contributed by atoms with Gasteiger partial charge in [0.25, 0.3) is 0 Å². The highest BCUT2D eigenvalue weighted by Crippen LogP contribution is 2.11. The highest BCUT2D eigenvalue weighted by atomic mass is 16.5. The van der Waals surface area contributed by atoms with E-state index in [2.05, 4.69) is 35.6 Å². The minimum Gasteiger partial charge on any atom is -0.381 e. The fraction of sp³-hybridized carbons (Fsp3) is 0.550. The predicted octanol–water partition coefficient (Wildman–Crippen LogP) is 3.89. The fourth-order valence-corrected chi connectivity index (χ4v) is 2.83. The van der Waals surface area contributed by atoms with Gasteiger partial charge in [-0.05, 0) is 43.7 Å². The SMILES string of the molecule is O=C(C=CCCCCCCc1ccccc1)NCC1CCOC1. The van der Waals surface area contributed by atoms with E-state index in [1.165, 1.54) is 31.2 Å². The van der Waals surface area contributed by atoms with Crippen LogP contribution in [0.25, 0.3) is 0 Å². The molecule has 3 nitrogen and oxygen atoms in total. The van der Waals surface area contributed by atoms with Crippen LogP contribution in [-0.2, 0) is 16.0 Å². The van der Waals surface area contributed by atoms with Crippen molar-refractivity contribution in [3.63, 3.8) is 0 Å². The Kier molecular flexibility index (Phi) is 8.49. The third-order valence-electron chi connectivity index (χ3n) is 4.29. The fourth-order valence-electron chi connectivity index (χ4n) is 2.83. The minimum atomic E-state index is 0.0287. The van der Waals surface area contributed by atoms with Gasteiger partial charge >= 0.3 is 0 Å².